The predicted octanol–water partition coefficient (Wildman–Crippen LogP) is 6.61. The number of hydrogen-bond acceptors (Lipinski definition) is 5. The fraction of sp³-hybridized carbons (Fsp3) is 0. The number of rotatable bonds is 7. The van der Waals surface area contributed by atoms with Crippen LogP contribution in [0.5, 0.6) is 0 Å². The molecule has 4 aromatic rings. The summed E-state index contributed by atoms with van der Waals surface area (Å²) in [6.45, 7) is 0. The van der Waals surface area contributed by atoms with E-state index in [1.54, 1.807) is 11.8 Å². The predicted molar refractivity (Wildman–Crippen MR) is 171 cm³/mol. The molecule has 6 rings (SSSR count). The Balaban J connectivity index is 1.57. The molecule has 4 nitrogen and oxygen atoms in total. The highest BCUT2D eigenvalue weighted by molar-refractivity contribution is 8.20. The maximum Gasteiger partial charge on any atom is 0.148 e. The van der Waals surface area contributed by atoms with E-state index in [-0.39, 0.29) is 0 Å². The van der Waals surface area contributed by atoms with Gasteiger partial charge in [0, 0.05) is 9.81 Å². The average Bonchev–Trinajstić information content (AvgIpc) is 3.03. The fourth-order valence-corrected chi connectivity index (χ4v) is 8.75. The normalized spacial score (nSPS) is 18.3. The number of halogens is 2. The SMILES string of the molecule is [O-][Cl+3]([O-])([O-])OS1=C(c2ccccc2)C=C(/C=C2\C=C(c3ccccc3)SC(c3ccccc3)=C2Cl)C=C1c1ccccc1. The van der Waals surface area contributed by atoms with Gasteiger partial charge in [0.2, 0.25) is 0 Å². The van der Waals surface area contributed by atoms with Crippen LogP contribution in [0, 0.1) is 10.2 Å². The van der Waals surface area contributed by atoms with Crippen molar-refractivity contribution < 1.29 is 28.0 Å². The van der Waals surface area contributed by atoms with E-state index >= 15 is 0 Å². The van der Waals surface area contributed by atoms with Crippen molar-refractivity contribution in [3.8, 4) is 0 Å². The third-order valence-corrected chi connectivity index (χ3v) is 11.0. The molecule has 1 atom stereocenters. The molecule has 0 aliphatic carbocycles. The van der Waals surface area contributed by atoms with Crippen molar-refractivity contribution >= 4 is 53.7 Å². The molecule has 2 aliphatic rings. The van der Waals surface area contributed by atoms with Gasteiger partial charge in [0.05, 0.1) is 25.0 Å². The monoisotopic (exact) mass is 642 g/mol. The topological polar surface area (TPSA) is 78.4 Å². The molecule has 2 aliphatic heterocycles. The van der Waals surface area contributed by atoms with Crippen LogP contribution in [0.4, 0.5) is 0 Å². The standard InChI is InChI=1S/C35H24Cl2O4S2/c36-34-30(24-31(26-13-5-1-6-14-26)42-35(34)29-19-11-4-12-20-29)21-25-22-32(27-15-7-2-8-16-27)43(41-37(38,39)40)33(23-25)28-17-9-3-10-18-28/h1-24H/b30-21+. The maximum atomic E-state index is 11.9. The first-order valence-corrected chi connectivity index (χ1v) is 16.8. The van der Waals surface area contributed by atoms with Crippen LogP contribution in [0.25, 0.3) is 14.7 Å². The molecule has 8 heteroatoms. The van der Waals surface area contributed by atoms with Crippen LogP contribution < -0.4 is 14.0 Å². The molecule has 4 aromatic carbocycles. The first kappa shape index (κ1) is 29.6. The molecule has 214 valence electrons. The Morgan fingerprint density at radius 1 is 0.628 bits per heavy atom. The fourth-order valence-electron chi connectivity index (χ4n) is 4.71. The van der Waals surface area contributed by atoms with Crippen LogP contribution in [0.2, 0.25) is 0 Å². The summed E-state index contributed by atoms with van der Waals surface area (Å²) in [7, 11) is -6.21. The third-order valence-electron chi connectivity index (χ3n) is 6.62. The Bertz CT molecular complexity index is 1820. The molecule has 0 saturated carbocycles. The molecule has 1 unspecified atom stereocenters. The Kier molecular flexibility index (Phi) is 9.00. The van der Waals surface area contributed by atoms with Crippen LogP contribution in [0.1, 0.15) is 22.3 Å². The van der Waals surface area contributed by atoms with Crippen molar-refractivity contribution in [3.05, 3.63) is 184 Å². The van der Waals surface area contributed by atoms with Crippen molar-refractivity contribution in [1.29, 1.82) is 0 Å². The molecule has 2 heterocycles. The van der Waals surface area contributed by atoms with Crippen molar-refractivity contribution in [2.45, 2.75) is 0 Å². The Labute approximate surface area is 264 Å². The molecular formula is C35H24Cl2O4S2. The van der Waals surface area contributed by atoms with E-state index in [0.29, 0.717) is 14.8 Å². The van der Waals surface area contributed by atoms with E-state index in [4.69, 9.17) is 15.3 Å². The van der Waals surface area contributed by atoms with Crippen LogP contribution in [-0.2, 0) is 3.74 Å². The summed E-state index contributed by atoms with van der Waals surface area (Å²) in [5.74, 6) is 0. The lowest BCUT2D eigenvalue weighted by Crippen LogP contribution is -2.60. The third kappa shape index (κ3) is 7.04. The maximum absolute atomic E-state index is 11.9. The zero-order valence-electron chi connectivity index (χ0n) is 22.6. The molecule has 0 aromatic heterocycles. The zero-order chi connectivity index (χ0) is 29.8. The van der Waals surface area contributed by atoms with Gasteiger partial charge in [0.25, 0.3) is 0 Å². The summed E-state index contributed by atoms with van der Waals surface area (Å²) in [6, 6.07) is 38.8. The van der Waals surface area contributed by atoms with E-state index in [2.05, 4.69) is 18.2 Å². The van der Waals surface area contributed by atoms with Gasteiger partial charge in [-0.05, 0) is 57.7 Å². The molecule has 0 amide bonds. The van der Waals surface area contributed by atoms with Crippen LogP contribution in [-0.4, -0.2) is 4.86 Å². The second-order valence-electron chi connectivity index (χ2n) is 9.54. The van der Waals surface area contributed by atoms with Gasteiger partial charge in [0.1, 0.15) is 14.5 Å². The molecule has 43 heavy (non-hydrogen) atoms. The van der Waals surface area contributed by atoms with E-state index in [1.807, 2.05) is 127 Å². The van der Waals surface area contributed by atoms with Crippen molar-refractivity contribution in [1.82, 2.24) is 0 Å². The molecule has 0 N–H and O–H groups in total. The van der Waals surface area contributed by atoms with Crippen LogP contribution >= 0.6 is 34.1 Å². The number of hydrogen-bond donors (Lipinski definition) is 0. The molecule has 0 fully saturated rings. The average molecular weight is 644 g/mol. The smallest absolute Gasteiger partial charge is 0.148 e. The Morgan fingerprint density at radius 2 is 1.14 bits per heavy atom. The van der Waals surface area contributed by atoms with Gasteiger partial charge >= 0.3 is 0 Å². The molecule has 0 radical (unpaired) electrons. The Morgan fingerprint density at radius 3 is 1.70 bits per heavy atom. The number of benzene rings is 4. The summed E-state index contributed by atoms with van der Waals surface area (Å²) in [5, 5.41) is 0.606. The second kappa shape index (κ2) is 13.1. The van der Waals surface area contributed by atoms with Gasteiger partial charge in [-0.3, -0.25) is 0 Å². The molecule has 0 saturated heterocycles. The van der Waals surface area contributed by atoms with E-state index in [1.165, 1.54) is 0 Å². The number of thioether (sulfide) groups is 1. The second-order valence-corrected chi connectivity index (χ2v) is 13.7. The highest BCUT2D eigenvalue weighted by Gasteiger charge is 2.31. The first-order chi connectivity index (χ1) is 20.9. The molecule has 0 bridgehead atoms. The van der Waals surface area contributed by atoms with Crippen LogP contribution in [0.15, 0.2) is 162 Å². The van der Waals surface area contributed by atoms with Crippen molar-refractivity contribution in [2.24, 2.45) is 0 Å². The lowest BCUT2D eigenvalue weighted by molar-refractivity contribution is -1.91. The summed E-state index contributed by atoms with van der Waals surface area (Å²) >= 11 is 8.74. The minimum absolute atomic E-state index is 0.571. The molecule has 0 spiro atoms. The first-order valence-electron chi connectivity index (χ1n) is 13.2. The zero-order valence-corrected chi connectivity index (χ0v) is 25.7. The largest absolute Gasteiger partial charge is 0.182 e. The van der Waals surface area contributed by atoms with Gasteiger partial charge in [0.15, 0.2) is 0 Å². The van der Waals surface area contributed by atoms with E-state index in [0.717, 1.165) is 43.2 Å². The van der Waals surface area contributed by atoms with Gasteiger partial charge < -0.3 is 0 Å². The summed E-state index contributed by atoms with van der Waals surface area (Å²) in [4.78, 5) is 3.12. The van der Waals surface area contributed by atoms with Gasteiger partial charge in [-0.1, -0.05) is 145 Å². The highest BCUT2D eigenvalue weighted by atomic mass is 35.7. The highest BCUT2D eigenvalue weighted by Crippen LogP contribution is 2.49. The summed E-state index contributed by atoms with van der Waals surface area (Å²) in [5.41, 5.74) is 5.15. The molecular weight excluding hydrogens is 619 g/mol. The quantitative estimate of drug-likeness (QED) is 0.212. The number of allylic oxidation sites excluding steroid dienone is 7. The van der Waals surface area contributed by atoms with E-state index in [9.17, 15) is 14.0 Å². The van der Waals surface area contributed by atoms with Gasteiger partial charge in [-0.2, -0.15) is 14.0 Å². The minimum Gasteiger partial charge on any atom is -0.182 e. The van der Waals surface area contributed by atoms with Crippen molar-refractivity contribution in [3.63, 3.8) is 0 Å². The van der Waals surface area contributed by atoms with Crippen molar-refractivity contribution in [2.75, 3.05) is 0 Å². The van der Waals surface area contributed by atoms with Gasteiger partial charge in [-0.15, -0.1) is 0 Å². The van der Waals surface area contributed by atoms with Crippen LogP contribution in [0.3, 0.4) is 0 Å². The lowest BCUT2D eigenvalue weighted by atomic mass is 10.0. The lowest BCUT2D eigenvalue weighted by Gasteiger charge is -2.22. The van der Waals surface area contributed by atoms with Gasteiger partial charge in [-0.25, -0.2) is 0 Å². The summed E-state index contributed by atoms with van der Waals surface area (Å²) in [6.07, 6.45) is 7.79. The minimum atomic E-state index is -4.71. The Hall–Kier alpha value is -3.43. The summed E-state index contributed by atoms with van der Waals surface area (Å²) < 4.78 is 41.0. The van der Waals surface area contributed by atoms with E-state index < -0.39 is 21.0 Å².